The largest absolute Gasteiger partial charge is 0.445 e. The quantitative estimate of drug-likeness (QED) is 0.909. The van der Waals surface area contributed by atoms with Crippen LogP contribution in [0.4, 0.5) is 18.0 Å². The zero-order valence-corrected chi connectivity index (χ0v) is 11.6. The second kappa shape index (κ2) is 7.49. The number of alkyl carbamates (subject to hydrolysis) is 1. The van der Waals surface area contributed by atoms with Crippen molar-refractivity contribution < 1.29 is 22.7 Å². The predicted molar refractivity (Wildman–Crippen MR) is 74.8 cm³/mol. The highest BCUT2D eigenvalue weighted by Crippen LogP contribution is 2.19. The fourth-order valence-electron chi connectivity index (χ4n) is 1.89. The molecule has 2 rings (SSSR count). The Kier molecular flexibility index (Phi) is 5.41. The average Bonchev–Trinajstić information content (AvgIpc) is 2.52. The van der Waals surface area contributed by atoms with E-state index in [1.165, 1.54) is 0 Å². The molecule has 2 aromatic rings. The molecule has 6 heteroatoms. The van der Waals surface area contributed by atoms with Gasteiger partial charge in [0.15, 0.2) is 0 Å². The Labute approximate surface area is 125 Å². The monoisotopic (exact) mass is 309 g/mol. The molecule has 0 heterocycles. The van der Waals surface area contributed by atoms with Crippen molar-refractivity contribution in [2.75, 3.05) is 6.67 Å². The van der Waals surface area contributed by atoms with Crippen LogP contribution in [0.25, 0.3) is 0 Å². The van der Waals surface area contributed by atoms with E-state index in [1.807, 2.05) is 6.07 Å². The zero-order chi connectivity index (χ0) is 15.9. The SMILES string of the molecule is O=C(NC(CF)c1ccc(F)cc1F)OCc1ccccc1. The van der Waals surface area contributed by atoms with Crippen molar-refractivity contribution in [3.8, 4) is 0 Å². The molecule has 0 radical (unpaired) electrons. The minimum absolute atomic E-state index is 0.0115. The maximum atomic E-state index is 13.6. The van der Waals surface area contributed by atoms with Crippen LogP contribution in [0.3, 0.4) is 0 Å². The van der Waals surface area contributed by atoms with Crippen LogP contribution in [0.5, 0.6) is 0 Å². The Hall–Kier alpha value is -2.50. The Balaban J connectivity index is 1.96. The maximum Gasteiger partial charge on any atom is 0.408 e. The number of alkyl halides is 1. The molecule has 0 fully saturated rings. The molecule has 0 aliphatic carbocycles. The van der Waals surface area contributed by atoms with E-state index in [2.05, 4.69) is 5.32 Å². The topological polar surface area (TPSA) is 38.3 Å². The molecule has 0 aromatic heterocycles. The number of carbonyl (C=O) groups is 1. The Morgan fingerprint density at radius 1 is 1.14 bits per heavy atom. The molecule has 3 nitrogen and oxygen atoms in total. The van der Waals surface area contributed by atoms with Crippen molar-refractivity contribution in [2.24, 2.45) is 0 Å². The third-order valence-corrected chi connectivity index (χ3v) is 3.00. The normalized spacial score (nSPS) is 11.8. The molecule has 2 aromatic carbocycles. The molecule has 1 atom stereocenters. The molecule has 22 heavy (non-hydrogen) atoms. The molecule has 1 unspecified atom stereocenters. The van der Waals surface area contributed by atoms with E-state index in [-0.39, 0.29) is 12.2 Å². The molecule has 116 valence electrons. The van der Waals surface area contributed by atoms with E-state index in [0.717, 1.165) is 17.7 Å². The van der Waals surface area contributed by atoms with E-state index in [0.29, 0.717) is 6.07 Å². The Morgan fingerprint density at radius 2 is 1.86 bits per heavy atom. The number of carbonyl (C=O) groups excluding carboxylic acids is 1. The second-order valence-corrected chi connectivity index (χ2v) is 4.58. The minimum Gasteiger partial charge on any atom is -0.445 e. The van der Waals surface area contributed by atoms with Gasteiger partial charge in [0.05, 0.1) is 6.04 Å². The van der Waals surface area contributed by atoms with Gasteiger partial charge in [0, 0.05) is 11.6 Å². The van der Waals surface area contributed by atoms with Crippen LogP contribution in [0.1, 0.15) is 17.2 Å². The lowest BCUT2D eigenvalue weighted by atomic mass is 10.1. The predicted octanol–water partition coefficient (Wildman–Crippen LogP) is 3.90. The smallest absolute Gasteiger partial charge is 0.408 e. The summed E-state index contributed by atoms with van der Waals surface area (Å²) in [6.07, 6.45) is -0.879. The number of benzene rings is 2. The van der Waals surface area contributed by atoms with Gasteiger partial charge in [-0.3, -0.25) is 0 Å². The van der Waals surface area contributed by atoms with Gasteiger partial charge in [0.1, 0.15) is 24.9 Å². The summed E-state index contributed by atoms with van der Waals surface area (Å²) in [5.41, 5.74) is 0.628. The molecule has 0 aliphatic rings. The van der Waals surface area contributed by atoms with Crippen molar-refractivity contribution in [3.05, 3.63) is 71.3 Å². The molecule has 0 bridgehead atoms. The Bertz CT molecular complexity index is 635. The summed E-state index contributed by atoms with van der Waals surface area (Å²) >= 11 is 0. The first-order chi connectivity index (χ1) is 10.6. The number of hydrogen-bond acceptors (Lipinski definition) is 2. The molecular formula is C16H14F3NO2. The average molecular weight is 309 g/mol. The van der Waals surface area contributed by atoms with Gasteiger partial charge >= 0.3 is 6.09 Å². The molecule has 1 amide bonds. The van der Waals surface area contributed by atoms with Crippen molar-refractivity contribution in [1.82, 2.24) is 5.32 Å². The molecule has 0 saturated heterocycles. The number of rotatable bonds is 5. The van der Waals surface area contributed by atoms with Crippen molar-refractivity contribution in [1.29, 1.82) is 0 Å². The highest BCUT2D eigenvalue weighted by atomic mass is 19.1. The lowest BCUT2D eigenvalue weighted by Gasteiger charge is -2.16. The van der Waals surface area contributed by atoms with Crippen LogP contribution in [-0.4, -0.2) is 12.8 Å². The first kappa shape index (κ1) is 15.9. The number of amides is 1. The van der Waals surface area contributed by atoms with Gasteiger partial charge in [0.25, 0.3) is 0 Å². The van der Waals surface area contributed by atoms with Crippen LogP contribution in [0, 0.1) is 11.6 Å². The molecule has 0 spiro atoms. The first-order valence-corrected chi connectivity index (χ1v) is 6.58. The van der Waals surface area contributed by atoms with Crippen LogP contribution >= 0.6 is 0 Å². The van der Waals surface area contributed by atoms with Gasteiger partial charge in [-0.15, -0.1) is 0 Å². The lowest BCUT2D eigenvalue weighted by Crippen LogP contribution is -2.31. The van der Waals surface area contributed by atoms with Gasteiger partial charge in [-0.1, -0.05) is 36.4 Å². The first-order valence-electron chi connectivity index (χ1n) is 6.58. The summed E-state index contributed by atoms with van der Waals surface area (Å²) in [4.78, 5) is 11.6. The van der Waals surface area contributed by atoms with E-state index >= 15 is 0 Å². The lowest BCUT2D eigenvalue weighted by molar-refractivity contribution is 0.133. The fourth-order valence-corrected chi connectivity index (χ4v) is 1.89. The van der Waals surface area contributed by atoms with Crippen LogP contribution < -0.4 is 5.32 Å². The Morgan fingerprint density at radius 3 is 2.50 bits per heavy atom. The van der Waals surface area contributed by atoms with Gasteiger partial charge < -0.3 is 10.1 Å². The molecule has 0 aliphatic heterocycles. The molecular weight excluding hydrogens is 295 g/mol. The highest BCUT2D eigenvalue weighted by Gasteiger charge is 2.19. The number of hydrogen-bond donors (Lipinski definition) is 1. The second-order valence-electron chi connectivity index (χ2n) is 4.58. The van der Waals surface area contributed by atoms with Gasteiger partial charge in [-0.05, 0) is 11.6 Å². The molecule has 0 saturated carbocycles. The summed E-state index contributed by atoms with van der Waals surface area (Å²) in [6.45, 7) is -1.03. The maximum absolute atomic E-state index is 13.6. The van der Waals surface area contributed by atoms with Gasteiger partial charge in [-0.2, -0.15) is 0 Å². The third kappa shape index (κ3) is 4.25. The fraction of sp³-hybridized carbons (Fsp3) is 0.188. The van der Waals surface area contributed by atoms with E-state index in [1.54, 1.807) is 24.3 Å². The number of halogens is 3. The van der Waals surface area contributed by atoms with Crippen molar-refractivity contribution in [3.63, 3.8) is 0 Å². The van der Waals surface area contributed by atoms with E-state index in [9.17, 15) is 18.0 Å². The van der Waals surface area contributed by atoms with E-state index in [4.69, 9.17) is 4.74 Å². The summed E-state index contributed by atoms with van der Waals surface area (Å²) in [6, 6.07) is 10.4. The molecule has 1 N–H and O–H groups in total. The zero-order valence-electron chi connectivity index (χ0n) is 11.6. The van der Waals surface area contributed by atoms with Crippen molar-refractivity contribution >= 4 is 6.09 Å². The highest BCUT2D eigenvalue weighted by molar-refractivity contribution is 5.68. The number of ether oxygens (including phenoxy) is 1. The summed E-state index contributed by atoms with van der Waals surface area (Å²) in [7, 11) is 0. The van der Waals surface area contributed by atoms with Crippen LogP contribution in [0.2, 0.25) is 0 Å². The number of nitrogens with one attached hydrogen (secondary N) is 1. The van der Waals surface area contributed by atoms with Crippen LogP contribution in [0.15, 0.2) is 48.5 Å². The summed E-state index contributed by atoms with van der Waals surface area (Å²) in [5, 5.41) is 2.21. The third-order valence-electron chi connectivity index (χ3n) is 3.00. The standard InChI is InChI=1S/C16H14F3NO2/c17-9-15(13-7-6-12(18)8-14(13)19)20-16(21)22-10-11-4-2-1-3-5-11/h1-8,15H,9-10H2,(H,20,21). The van der Waals surface area contributed by atoms with Gasteiger partial charge in [0.2, 0.25) is 0 Å². The van der Waals surface area contributed by atoms with Crippen LogP contribution in [-0.2, 0) is 11.3 Å². The van der Waals surface area contributed by atoms with E-state index < -0.39 is 30.4 Å². The van der Waals surface area contributed by atoms with Gasteiger partial charge in [-0.25, -0.2) is 18.0 Å². The minimum atomic E-state index is -1.23. The summed E-state index contributed by atoms with van der Waals surface area (Å²) in [5.74, 6) is -1.70. The van der Waals surface area contributed by atoms with Crippen molar-refractivity contribution in [2.45, 2.75) is 12.6 Å². The summed E-state index contributed by atoms with van der Waals surface area (Å²) < 4.78 is 44.4.